The predicted molar refractivity (Wildman–Crippen MR) is 83.2 cm³/mol. The van der Waals surface area contributed by atoms with Crippen molar-refractivity contribution in [2.45, 2.75) is 46.1 Å². The van der Waals surface area contributed by atoms with Gasteiger partial charge < -0.3 is 10.6 Å². The molecule has 0 spiro atoms. The highest BCUT2D eigenvalue weighted by Crippen LogP contribution is 2.44. The molecule has 0 aromatic heterocycles. The number of hydrogen-bond donors (Lipinski definition) is 1. The van der Waals surface area contributed by atoms with Crippen molar-refractivity contribution in [3.63, 3.8) is 0 Å². The summed E-state index contributed by atoms with van der Waals surface area (Å²) in [5.74, 6) is 0.415. The van der Waals surface area contributed by atoms with E-state index in [0.717, 1.165) is 30.5 Å². The summed E-state index contributed by atoms with van der Waals surface area (Å²) in [5.41, 5.74) is 7.80. The van der Waals surface area contributed by atoms with Crippen LogP contribution in [0.25, 0.3) is 0 Å². The Bertz CT molecular complexity index is 496. The number of rotatable bonds is 3. The lowest BCUT2D eigenvalue weighted by Gasteiger charge is -2.33. The maximum Gasteiger partial charge on any atom is 0.226 e. The van der Waals surface area contributed by atoms with Crippen LogP contribution in [0.2, 0.25) is 0 Å². The first kappa shape index (κ1) is 14.9. The number of nitrogens with two attached hydrogens (primary N) is 1. The lowest BCUT2D eigenvalue weighted by atomic mass is 9.81. The van der Waals surface area contributed by atoms with Gasteiger partial charge in [0.05, 0.1) is 6.04 Å². The molecule has 1 saturated carbocycles. The largest absolute Gasteiger partial charge is 0.399 e. The summed E-state index contributed by atoms with van der Waals surface area (Å²) in [4.78, 5) is 14.6. The topological polar surface area (TPSA) is 46.3 Å². The summed E-state index contributed by atoms with van der Waals surface area (Å²) in [7, 11) is 1.91. The molecule has 2 rings (SSSR count). The molecule has 1 aromatic carbocycles. The molecule has 2 unspecified atom stereocenters. The zero-order chi connectivity index (χ0) is 14.9. The van der Waals surface area contributed by atoms with Gasteiger partial charge in [-0.1, -0.05) is 32.4 Å². The van der Waals surface area contributed by atoms with E-state index in [-0.39, 0.29) is 23.3 Å². The Labute approximate surface area is 122 Å². The SMILES string of the molecule is CC(c1cccc(N)c1)N(C)C(=O)C1CCCC1(C)C. The molecule has 20 heavy (non-hydrogen) atoms. The van der Waals surface area contributed by atoms with Gasteiger partial charge in [0, 0.05) is 18.7 Å². The maximum absolute atomic E-state index is 12.8. The molecule has 0 bridgehead atoms. The average molecular weight is 274 g/mol. The summed E-state index contributed by atoms with van der Waals surface area (Å²) in [5, 5.41) is 0. The lowest BCUT2D eigenvalue weighted by molar-refractivity contribution is -0.139. The Morgan fingerprint density at radius 1 is 1.45 bits per heavy atom. The second kappa shape index (κ2) is 5.47. The van der Waals surface area contributed by atoms with E-state index in [0.29, 0.717) is 0 Å². The van der Waals surface area contributed by atoms with Crippen LogP contribution in [0, 0.1) is 11.3 Å². The van der Waals surface area contributed by atoms with E-state index in [4.69, 9.17) is 5.73 Å². The van der Waals surface area contributed by atoms with E-state index < -0.39 is 0 Å². The summed E-state index contributed by atoms with van der Waals surface area (Å²) >= 11 is 0. The summed E-state index contributed by atoms with van der Waals surface area (Å²) < 4.78 is 0. The monoisotopic (exact) mass is 274 g/mol. The van der Waals surface area contributed by atoms with Gasteiger partial charge >= 0.3 is 0 Å². The molecular formula is C17H26N2O. The minimum Gasteiger partial charge on any atom is -0.399 e. The molecule has 0 radical (unpaired) electrons. The predicted octanol–water partition coefficient (Wildman–Crippen LogP) is 3.61. The molecule has 2 atom stereocenters. The van der Waals surface area contributed by atoms with Crippen LogP contribution in [-0.2, 0) is 4.79 Å². The number of hydrogen-bond acceptors (Lipinski definition) is 2. The molecule has 0 saturated heterocycles. The fourth-order valence-corrected chi connectivity index (χ4v) is 3.26. The quantitative estimate of drug-likeness (QED) is 0.856. The van der Waals surface area contributed by atoms with Gasteiger partial charge in [0.2, 0.25) is 5.91 Å². The highest BCUT2D eigenvalue weighted by Gasteiger charge is 2.41. The molecule has 1 fully saturated rings. The third kappa shape index (κ3) is 2.82. The fraction of sp³-hybridized carbons (Fsp3) is 0.588. The zero-order valence-corrected chi connectivity index (χ0v) is 13.0. The number of nitrogen functional groups attached to an aromatic ring is 1. The van der Waals surface area contributed by atoms with Crippen molar-refractivity contribution in [3.05, 3.63) is 29.8 Å². The third-order valence-electron chi connectivity index (χ3n) is 4.88. The Morgan fingerprint density at radius 3 is 2.70 bits per heavy atom. The highest BCUT2D eigenvalue weighted by molar-refractivity contribution is 5.80. The molecule has 3 nitrogen and oxygen atoms in total. The fourth-order valence-electron chi connectivity index (χ4n) is 3.26. The summed E-state index contributed by atoms with van der Waals surface area (Å²) in [6.07, 6.45) is 3.31. The molecule has 1 aromatic rings. The van der Waals surface area contributed by atoms with E-state index in [2.05, 4.69) is 20.8 Å². The van der Waals surface area contributed by atoms with E-state index >= 15 is 0 Å². The Kier molecular flexibility index (Phi) is 4.07. The summed E-state index contributed by atoms with van der Waals surface area (Å²) in [6, 6.07) is 7.86. The van der Waals surface area contributed by atoms with Crippen molar-refractivity contribution in [1.82, 2.24) is 4.90 Å². The van der Waals surface area contributed by atoms with Crippen LogP contribution in [0.1, 0.15) is 51.6 Å². The number of anilines is 1. The number of nitrogens with zero attached hydrogens (tertiary/aromatic N) is 1. The van der Waals surface area contributed by atoms with Crippen LogP contribution in [0.15, 0.2) is 24.3 Å². The number of carbonyl (C=O) groups excluding carboxylic acids is 1. The first-order valence-corrected chi connectivity index (χ1v) is 7.45. The van der Waals surface area contributed by atoms with E-state index in [1.807, 2.05) is 36.2 Å². The normalized spacial score (nSPS) is 22.5. The van der Waals surface area contributed by atoms with Gasteiger partial charge in [-0.3, -0.25) is 4.79 Å². The molecule has 3 heteroatoms. The Morgan fingerprint density at radius 2 is 2.15 bits per heavy atom. The van der Waals surface area contributed by atoms with Crippen molar-refractivity contribution in [2.24, 2.45) is 11.3 Å². The van der Waals surface area contributed by atoms with Crippen LogP contribution < -0.4 is 5.73 Å². The van der Waals surface area contributed by atoms with Gasteiger partial charge in [-0.2, -0.15) is 0 Å². The minimum absolute atomic E-state index is 0.0578. The van der Waals surface area contributed by atoms with Gasteiger partial charge in [-0.15, -0.1) is 0 Å². The van der Waals surface area contributed by atoms with E-state index in [9.17, 15) is 4.79 Å². The zero-order valence-electron chi connectivity index (χ0n) is 13.0. The van der Waals surface area contributed by atoms with Gasteiger partial charge in [0.1, 0.15) is 0 Å². The molecule has 110 valence electrons. The van der Waals surface area contributed by atoms with Gasteiger partial charge in [0.15, 0.2) is 0 Å². The molecular weight excluding hydrogens is 248 g/mol. The van der Waals surface area contributed by atoms with Gasteiger partial charge in [-0.25, -0.2) is 0 Å². The summed E-state index contributed by atoms with van der Waals surface area (Å²) in [6.45, 7) is 6.48. The molecule has 1 aliphatic rings. The Hall–Kier alpha value is -1.51. The third-order valence-corrected chi connectivity index (χ3v) is 4.88. The second-order valence-electron chi connectivity index (χ2n) is 6.73. The van der Waals surface area contributed by atoms with Gasteiger partial charge in [0.25, 0.3) is 0 Å². The smallest absolute Gasteiger partial charge is 0.226 e. The van der Waals surface area contributed by atoms with Crippen LogP contribution in [0.3, 0.4) is 0 Å². The van der Waals surface area contributed by atoms with E-state index in [1.165, 1.54) is 0 Å². The number of amides is 1. The van der Waals surface area contributed by atoms with E-state index in [1.54, 1.807) is 0 Å². The first-order chi connectivity index (χ1) is 9.33. The van der Waals surface area contributed by atoms with Crippen LogP contribution in [-0.4, -0.2) is 17.9 Å². The average Bonchev–Trinajstić information content (AvgIpc) is 2.75. The minimum atomic E-state index is 0.0578. The molecule has 1 amide bonds. The van der Waals surface area contributed by atoms with Crippen LogP contribution in [0.5, 0.6) is 0 Å². The number of carbonyl (C=O) groups is 1. The van der Waals surface area contributed by atoms with Crippen LogP contribution in [0.4, 0.5) is 5.69 Å². The van der Waals surface area contributed by atoms with Crippen molar-refractivity contribution >= 4 is 11.6 Å². The second-order valence-corrected chi connectivity index (χ2v) is 6.73. The Balaban J connectivity index is 2.14. The first-order valence-electron chi connectivity index (χ1n) is 7.45. The van der Waals surface area contributed by atoms with Crippen LogP contribution >= 0.6 is 0 Å². The van der Waals surface area contributed by atoms with Crippen molar-refractivity contribution < 1.29 is 4.79 Å². The molecule has 0 heterocycles. The molecule has 2 N–H and O–H groups in total. The lowest BCUT2D eigenvalue weighted by Crippen LogP contribution is -2.39. The maximum atomic E-state index is 12.8. The van der Waals surface area contributed by atoms with Crippen molar-refractivity contribution in [1.29, 1.82) is 0 Å². The van der Waals surface area contributed by atoms with Crippen molar-refractivity contribution in [3.8, 4) is 0 Å². The standard InChI is InChI=1S/C17H26N2O/c1-12(13-7-5-8-14(18)11-13)19(4)16(20)15-9-6-10-17(15,2)3/h5,7-8,11-12,15H,6,9-10,18H2,1-4H3. The molecule has 1 aliphatic carbocycles. The number of benzene rings is 1. The molecule has 0 aliphatic heterocycles. The highest BCUT2D eigenvalue weighted by atomic mass is 16.2. The van der Waals surface area contributed by atoms with Crippen molar-refractivity contribution in [2.75, 3.05) is 12.8 Å². The van der Waals surface area contributed by atoms with Gasteiger partial charge in [-0.05, 0) is 42.9 Å².